The van der Waals surface area contributed by atoms with Gasteiger partial charge in [0.05, 0.1) is 7.11 Å². The molecule has 1 heterocycles. The molecule has 1 N–H and O–H groups in total. The molecule has 2 saturated carbocycles. The van der Waals surface area contributed by atoms with Gasteiger partial charge in [-0.05, 0) is 43.1 Å². The molecular formula is C14H20N2O. The lowest BCUT2D eigenvalue weighted by Crippen LogP contribution is -2.25. The second-order valence-electron chi connectivity index (χ2n) is 5.41. The Morgan fingerprint density at radius 2 is 2.29 bits per heavy atom. The van der Waals surface area contributed by atoms with Crippen molar-refractivity contribution >= 4 is 0 Å². The zero-order chi connectivity index (χ0) is 11.7. The average Bonchev–Trinajstić information content (AvgIpc) is 3.22. The van der Waals surface area contributed by atoms with Crippen molar-refractivity contribution in [3.8, 4) is 5.88 Å². The molecule has 0 aromatic carbocycles. The minimum atomic E-state index is 0.662. The Balaban J connectivity index is 1.53. The number of aromatic nitrogens is 1. The van der Waals surface area contributed by atoms with Crippen molar-refractivity contribution in [1.82, 2.24) is 10.3 Å². The number of hydrogen-bond acceptors (Lipinski definition) is 3. The van der Waals surface area contributed by atoms with Crippen LogP contribution in [0.25, 0.3) is 0 Å². The maximum atomic E-state index is 5.25. The van der Waals surface area contributed by atoms with Gasteiger partial charge in [0, 0.05) is 24.8 Å². The summed E-state index contributed by atoms with van der Waals surface area (Å²) in [5, 5.41) is 3.58. The van der Waals surface area contributed by atoms with Crippen LogP contribution < -0.4 is 10.1 Å². The molecule has 0 spiro atoms. The highest BCUT2D eigenvalue weighted by atomic mass is 16.5. The van der Waals surface area contributed by atoms with Crippen LogP contribution in [0.4, 0.5) is 0 Å². The molecule has 92 valence electrons. The van der Waals surface area contributed by atoms with E-state index in [2.05, 4.69) is 16.4 Å². The first-order valence-corrected chi connectivity index (χ1v) is 6.53. The highest BCUT2D eigenvalue weighted by Crippen LogP contribution is 2.60. The summed E-state index contributed by atoms with van der Waals surface area (Å²) in [6.45, 7) is 2.03. The Labute approximate surface area is 103 Å². The summed E-state index contributed by atoms with van der Waals surface area (Å²) >= 11 is 0. The van der Waals surface area contributed by atoms with E-state index in [0.717, 1.165) is 30.5 Å². The summed E-state index contributed by atoms with van der Waals surface area (Å²) < 4.78 is 5.25. The number of pyridine rings is 1. The van der Waals surface area contributed by atoms with Crippen molar-refractivity contribution in [1.29, 1.82) is 0 Å². The fraction of sp³-hybridized carbons (Fsp3) is 0.643. The summed E-state index contributed by atoms with van der Waals surface area (Å²) in [5.74, 6) is 1.77. The maximum absolute atomic E-state index is 5.25. The third-order valence-electron chi connectivity index (χ3n) is 4.17. The molecule has 0 radical (unpaired) electrons. The van der Waals surface area contributed by atoms with Gasteiger partial charge in [0.25, 0.3) is 0 Å². The van der Waals surface area contributed by atoms with Crippen molar-refractivity contribution in [3.63, 3.8) is 0 Å². The second-order valence-corrected chi connectivity index (χ2v) is 5.41. The number of ether oxygens (including phenoxy) is 1. The van der Waals surface area contributed by atoms with Crippen molar-refractivity contribution in [3.05, 3.63) is 23.9 Å². The van der Waals surface area contributed by atoms with Gasteiger partial charge >= 0.3 is 0 Å². The third-order valence-corrected chi connectivity index (χ3v) is 4.17. The molecule has 3 heteroatoms. The molecule has 2 aliphatic carbocycles. The van der Waals surface area contributed by atoms with E-state index < -0.39 is 0 Å². The number of methoxy groups -OCH3 is 1. The molecule has 0 bridgehead atoms. The Morgan fingerprint density at radius 3 is 2.94 bits per heavy atom. The first kappa shape index (κ1) is 11.0. The topological polar surface area (TPSA) is 34.1 Å². The van der Waals surface area contributed by atoms with Crippen LogP contribution in [0.5, 0.6) is 5.88 Å². The van der Waals surface area contributed by atoms with Crippen LogP contribution in [-0.2, 0) is 6.54 Å². The molecule has 17 heavy (non-hydrogen) atoms. The van der Waals surface area contributed by atoms with E-state index in [1.807, 2.05) is 6.07 Å². The Kier molecular flexibility index (Phi) is 2.79. The van der Waals surface area contributed by atoms with Crippen molar-refractivity contribution in [2.45, 2.75) is 32.2 Å². The van der Waals surface area contributed by atoms with Crippen molar-refractivity contribution in [2.24, 2.45) is 11.3 Å². The highest BCUT2D eigenvalue weighted by Gasteiger charge is 2.53. The molecule has 3 nitrogen and oxygen atoms in total. The van der Waals surface area contributed by atoms with Gasteiger partial charge in [0.1, 0.15) is 0 Å². The number of nitrogens with zero attached hydrogens (tertiary/aromatic N) is 1. The molecule has 0 atom stereocenters. The normalized spacial score (nSPS) is 21.2. The van der Waals surface area contributed by atoms with E-state index in [1.165, 1.54) is 25.7 Å². The van der Waals surface area contributed by atoms with Crippen molar-refractivity contribution < 1.29 is 4.74 Å². The van der Waals surface area contributed by atoms with Crippen LogP contribution in [0.3, 0.4) is 0 Å². The fourth-order valence-corrected chi connectivity index (χ4v) is 2.77. The van der Waals surface area contributed by atoms with E-state index in [4.69, 9.17) is 4.74 Å². The van der Waals surface area contributed by atoms with E-state index in [9.17, 15) is 0 Å². The number of rotatable bonds is 6. The standard InChI is InChI=1S/C14H20N2O/c1-17-13-11(3-2-8-16-13)9-15-10-14(6-7-14)12-4-5-12/h2-3,8,12,15H,4-7,9-10H2,1H3. The van der Waals surface area contributed by atoms with Gasteiger partial charge in [-0.25, -0.2) is 4.98 Å². The van der Waals surface area contributed by atoms with E-state index in [0.29, 0.717) is 5.41 Å². The zero-order valence-corrected chi connectivity index (χ0v) is 10.4. The van der Waals surface area contributed by atoms with Gasteiger partial charge in [0.15, 0.2) is 0 Å². The third kappa shape index (κ3) is 2.29. The lowest BCUT2D eigenvalue weighted by atomic mass is 10.0. The molecule has 0 unspecified atom stereocenters. The molecule has 1 aromatic heterocycles. The Hall–Kier alpha value is -1.09. The summed E-state index contributed by atoms with van der Waals surface area (Å²) in [6, 6.07) is 4.04. The lowest BCUT2D eigenvalue weighted by molar-refractivity contribution is 0.380. The van der Waals surface area contributed by atoms with Crippen LogP contribution in [0.1, 0.15) is 31.2 Å². The van der Waals surface area contributed by atoms with Crippen LogP contribution in [0, 0.1) is 11.3 Å². The Bertz CT molecular complexity index is 397. The van der Waals surface area contributed by atoms with Crippen LogP contribution >= 0.6 is 0 Å². The molecule has 3 rings (SSSR count). The van der Waals surface area contributed by atoms with Gasteiger partial charge in [-0.2, -0.15) is 0 Å². The minimum absolute atomic E-state index is 0.662. The van der Waals surface area contributed by atoms with Crippen LogP contribution in [-0.4, -0.2) is 18.6 Å². The molecule has 0 saturated heterocycles. The smallest absolute Gasteiger partial charge is 0.217 e. The predicted molar refractivity (Wildman–Crippen MR) is 66.9 cm³/mol. The molecule has 2 aliphatic rings. The quantitative estimate of drug-likeness (QED) is 0.817. The van der Waals surface area contributed by atoms with E-state index in [-0.39, 0.29) is 0 Å². The molecular weight excluding hydrogens is 212 g/mol. The largest absolute Gasteiger partial charge is 0.481 e. The first-order valence-electron chi connectivity index (χ1n) is 6.53. The zero-order valence-electron chi connectivity index (χ0n) is 10.4. The Morgan fingerprint density at radius 1 is 1.47 bits per heavy atom. The van der Waals surface area contributed by atoms with Crippen LogP contribution in [0.15, 0.2) is 18.3 Å². The maximum Gasteiger partial charge on any atom is 0.217 e. The van der Waals surface area contributed by atoms with Gasteiger partial charge in [-0.1, -0.05) is 6.07 Å². The van der Waals surface area contributed by atoms with Gasteiger partial charge in [-0.3, -0.25) is 0 Å². The highest BCUT2D eigenvalue weighted by molar-refractivity contribution is 5.25. The predicted octanol–water partition coefficient (Wildman–Crippen LogP) is 2.37. The molecule has 2 fully saturated rings. The van der Waals surface area contributed by atoms with E-state index >= 15 is 0 Å². The molecule has 0 aliphatic heterocycles. The van der Waals surface area contributed by atoms with E-state index in [1.54, 1.807) is 13.3 Å². The van der Waals surface area contributed by atoms with Gasteiger partial charge in [-0.15, -0.1) is 0 Å². The average molecular weight is 232 g/mol. The number of hydrogen-bond donors (Lipinski definition) is 1. The van der Waals surface area contributed by atoms with Crippen molar-refractivity contribution in [2.75, 3.05) is 13.7 Å². The lowest BCUT2D eigenvalue weighted by Gasteiger charge is -2.15. The summed E-state index contributed by atoms with van der Waals surface area (Å²) in [4.78, 5) is 4.21. The SMILES string of the molecule is COc1ncccc1CNCC1(C2CC2)CC1. The summed E-state index contributed by atoms with van der Waals surface area (Å²) in [5.41, 5.74) is 1.82. The van der Waals surface area contributed by atoms with Gasteiger partial charge < -0.3 is 10.1 Å². The summed E-state index contributed by atoms with van der Waals surface area (Å²) in [7, 11) is 1.68. The minimum Gasteiger partial charge on any atom is -0.481 e. The monoisotopic (exact) mass is 232 g/mol. The summed E-state index contributed by atoms with van der Waals surface area (Å²) in [6.07, 6.45) is 7.54. The second kappa shape index (κ2) is 4.30. The van der Waals surface area contributed by atoms with Crippen LogP contribution in [0.2, 0.25) is 0 Å². The molecule has 1 aromatic rings. The van der Waals surface area contributed by atoms with Gasteiger partial charge in [0.2, 0.25) is 5.88 Å². The number of nitrogens with one attached hydrogen (secondary N) is 1. The fourth-order valence-electron chi connectivity index (χ4n) is 2.77. The first-order chi connectivity index (χ1) is 8.34. The molecule has 0 amide bonds.